The number of rotatable bonds is 3. The van der Waals surface area contributed by atoms with Crippen LogP contribution in [0, 0.1) is 0 Å². The Hall–Kier alpha value is -2.26. The first-order chi connectivity index (χ1) is 10.9. The summed E-state index contributed by atoms with van der Waals surface area (Å²) in [7, 11) is 1.61. The zero-order valence-corrected chi connectivity index (χ0v) is 13.2. The molecule has 3 heterocycles. The van der Waals surface area contributed by atoms with E-state index in [9.17, 15) is 9.90 Å². The highest BCUT2D eigenvalue weighted by Crippen LogP contribution is 2.33. The van der Waals surface area contributed by atoms with Crippen LogP contribution >= 0.6 is 0 Å². The van der Waals surface area contributed by atoms with Gasteiger partial charge in [0.25, 0.3) is 0 Å². The molecule has 3 rings (SSSR count). The number of carbonyl (C=O) groups is 1. The summed E-state index contributed by atoms with van der Waals surface area (Å²) >= 11 is 0. The molecular formula is C14H21N7O2. The van der Waals surface area contributed by atoms with Gasteiger partial charge in [-0.3, -0.25) is 9.69 Å². The van der Waals surface area contributed by atoms with Crippen molar-refractivity contribution in [2.75, 3.05) is 32.4 Å². The molecule has 1 saturated heterocycles. The number of imidazole rings is 1. The molecule has 0 unspecified atom stereocenters. The van der Waals surface area contributed by atoms with E-state index in [1.165, 1.54) is 6.33 Å². The monoisotopic (exact) mass is 319 g/mol. The number of hydrogen-bond donors (Lipinski definition) is 3. The van der Waals surface area contributed by atoms with Gasteiger partial charge in [-0.2, -0.15) is 0 Å². The van der Waals surface area contributed by atoms with E-state index in [0.29, 0.717) is 36.5 Å². The molecule has 23 heavy (non-hydrogen) atoms. The van der Waals surface area contributed by atoms with Crippen molar-refractivity contribution in [3.8, 4) is 0 Å². The average Bonchev–Trinajstić information content (AvgIpc) is 2.91. The number of aromatic nitrogens is 4. The van der Waals surface area contributed by atoms with Crippen LogP contribution in [0.2, 0.25) is 0 Å². The Bertz CT molecular complexity index is 727. The Morgan fingerprint density at radius 3 is 3.00 bits per heavy atom. The zero-order valence-electron chi connectivity index (χ0n) is 13.2. The van der Waals surface area contributed by atoms with Crippen LogP contribution < -0.4 is 11.1 Å². The molecule has 0 bridgehead atoms. The summed E-state index contributed by atoms with van der Waals surface area (Å²) in [5.41, 5.74) is 5.95. The SMILES string of the molecule is CNC(=O)CN1CC[C@@H](n2cnc3c(N)ncnc32)[C@](C)(O)C1. The lowest BCUT2D eigenvalue weighted by Crippen LogP contribution is -2.54. The summed E-state index contributed by atoms with van der Waals surface area (Å²) in [4.78, 5) is 25.9. The van der Waals surface area contributed by atoms with Crippen LogP contribution in [0.5, 0.6) is 0 Å². The van der Waals surface area contributed by atoms with Crippen molar-refractivity contribution < 1.29 is 9.90 Å². The van der Waals surface area contributed by atoms with Crippen LogP contribution in [0.15, 0.2) is 12.7 Å². The first-order valence-electron chi connectivity index (χ1n) is 7.50. The maximum Gasteiger partial charge on any atom is 0.233 e. The second kappa shape index (κ2) is 5.74. The zero-order chi connectivity index (χ0) is 16.6. The minimum atomic E-state index is -1.01. The van der Waals surface area contributed by atoms with Crippen molar-refractivity contribution in [1.29, 1.82) is 0 Å². The second-order valence-corrected chi connectivity index (χ2v) is 6.13. The molecule has 0 aliphatic carbocycles. The Kier molecular flexibility index (Phi) is 3.90. The van der Waals surface area contributed by atoms with Crippen molar-refractivity contribution >= 4 is 22.9 Å². The maximum atomic E-state index is 11.5. The number of nitrogens with zero attached hydrogens (tertiary/aromatic N) is 5. The van der Waals surface area contributed by atoms with E-state index < -0.39 is 5.60 Å². The fourth-order valence-electron chi connectivity index (χ4n) is 3.21. The largest absolute Gasteiger partial charge is 0.387 e. The number of anilines is 1. The number of likely N-dealkylation sites (tertiary alicyclic amines) is 1. The molecule has 0 aromatic carbocycles. The van der Waals surface area contributed by atoms with Crippen LogP contribution in [0.4, 0.5) is 5.82 Å². The minimum Gasteiger partial charge on any atom is -0.387 e. The molecule has 9 heteroatoms. The van der Waals surface area contributed by atoms with Crippen LogP contribution in [0.3, 0.4) is 0 Å². The molecule has 0 spiro atoms. The summed E-state index contributed by atoms with van der Waals surface area (Å²) in [5.74, 6) is 0.262. The quantitative estimate of drug-likeness (QED) is 0.673. The topological polar surface area (TPSA) is 122 Å². The third kappa shape index (κ3) is 2.84. The highest BCUT2D eigenvalue weighted by atomic mass is 16.3. The van der Waals surface area contributed by atoms with E-state index in [2.05, 4.69) is 20.3 Å². The molecule has 1 fully saturated rings. The number of amides is 1. The number of carbonyl (C=O) groups excluding carboxylic acids is 1. The maximum absolute atomic E-state index is 11.5. The molecule has 2 atom stereocenters. The number of aliphatic hydroxyl groups is 1. The Balaban J connectivity index is 1.86. The minimum absolute atomic E-state index is 0.0622. The van der Waals surface area contributed by atoms with Crippen LogP contribution in [0.1, 0.15) is 19.4 Å². The molecule has 124 valence electrons. The van der Waals surface area contributed by atoms with Gasteiger partial charge in [0.1, 0.15) is 11.8 Å². The van der Waals surface area contributed by atoms with Crippen molar-refractivity contribution in [1.82, 2.24) is 29.7 Å². The van der Waals surface area contributed by atoms with E-state index in [0.717, 1.165) is 0 Å². The normalized spacial score (nSPS) is 25.6. The number of hydrogen-bond acceptors (Lipinski definition) is 7. The lowest BCUT2D eigenvalue weighted by Gasteiger charge is -2.43. The molecule has 2 aromatic rings. The molecule has 9 nitrogen and oxygen atoms in total. The van der Waals surface area contributed by atoms with Crippen molar-refractivity contribution in [3.63, 3.8) is 0 Å². The predicted molar refractivity (Wildman–Crippen MR) is 84.5 cm³/mol. The van der Waals surface area contributed by atoms with Gasteiger partial charge in [-0.05, 0) is 13.3 Å². The standard InChI is InChI=1S/C14H21N7O2/c1-14(23)6-20(5-10(22)16-2)4-3-9(14)21-8-19-11-12(15)17-7-18-13(11)21/h7-9,23H,3-6H2,1-2H3,(H,16,22)(H2,15,17,18)/t9-,14-/m1/s1. The Labute approximate surface area is 133 Å². The van der Waals surface area contributed by atoms with Crippen LogP contribution in [-0.4, -0.2) is 67.7 Å². The van der Waals surface area contributed by atoms with Gasteiger partial charge in [0.05, 0.1) is 24.5 Å². The summed E-state index contributed by atoms with van der Waals surface area (Å²) < 4.78 is 1.85. The van der Waals surface area contributed by atoms with Gasteiger partial charge in [-0.15, -0.1) is 0 Å². The third-order valence-electron chi connectivity index (χ3n) is 4.35. The molecule has 4 N–H and O–H groups in total. The number of nitrogen functional groups attached to an aromatic ring is 1. The molecular weight excluding hydrogens is 298 g/mol. The number of likely N-dealkylation sites (N-methyl/N-ethyl adjacent to an activating group) is 1. The highest BCUT2D eigenvalue weighted by molar-refractivity contribution is 5.81. The second-order valence-electron chi connectivity index (χ2n) is 6.13. The Morgan fingerprint density at radius 1 is 1.52 bits per heavy atom. The van der Waals surface area contributed by atoms with Gasteiger partial charge in [-0.25, -0.2) is 15.0 Å². The Morgan fingerprint density at radius 2 is 2.30 bits per heavy atom. The van der Waals surface area contributed by atoms with Gasteiger partial charge in [-0.1, -0.05) is 0 Å². The predicted octanol–water partition coefficient (Wildman–Crippen LogP) is -0.848. The van der Waals surface area contributed by atoms with E-state index in [4.69, 9.17) is 5.73 Å². The molecule has 1 aliphatic rings. The summed E-state index contributed by atoms with van der Waals surface area (Å²) in [6, 6.07) is -0.192. The molecule has 0 radical (unpaired) electrons. The molecule has 0 saturated carbocycles. The molecule has 1 aliphatic heterocycles. The average molecular weight is 319 g/mol. The first kappa shape index (κ1) is 15.6. The number of fused-ring (bicyclic) bond motifs is 1. The van der Waals surface area contributed by atoms with Gasteiger partial charge < -0.3 is 20.7 Å². The summed E-state index contributed by atoms with van der Waals surface area (Å²) in [5, 5.41) is 13.5. The summed E-state index contributed by atoms with van der Waals surface area (Å²) in [6.07, 6.45) is 3.72. The van der Waals surface area contributed by atoms with Crippen molar-refractivity contribution in [3.05, 3.63) is 12.7 Å². The number of β-amino-alcohol motifs (C(OH)–C–C–N with tert-alkyl or cyclic N) is 1. The number of nitrogens with two attached hydrogens (primary N) is 1. The fourth-order valence-corrected chi connectivity index (χ4v) is 3.21. The number of nitrogens with one attached hydrogen (secondary N) is 1. The third-order valence-corrected chi connectivity index (χ3v) is 4.35. The molecule has 2 aromatic heterocycles. The van der Waals surface area contributed by atoms with Gasteiger partial charge in [0.2, 0.25) is 5.91 Å². The smallest absolute Gasteiger partial charge is 0.233 e. The molecule has 1 amide bonds. The van der Waals surface area contributed by atoms with E-state index in [-0.39, 0.29) is 18.5 Å². The fraction of sp³-hybridized carbons (Fsp3) is 0.571. The van der Waals surface area contributed by atoms with E-state index in [1.54, 1.807) is 20.3 Å². The van der Waals surface area contributed by atoms with Crippen molar-refractivity contribution in [2.45, 2.75) is 25.0 Å². The lowest BCUT2D eigenvalue weighted by molar-refractivity contribution is -0.124. The van der Waals surface area contributed by atoms with Crippen LogP contribution in [0.25, 0.3) is 11.2 Å². The number of piperidine rings is 1. The van der Waals surface area contributed by atoms with Gasteiger partial charge in [0, 0.05) is 20.1 Å². The summed E-state index contributed by atoms with van der Waals surface area (Å²) in [6.45, 7) is 3.14. The van der Waals surface area contributed by atoms with Crippen LogP contribution in [-0.2, 0) is 4.79 Å². The first-order valence-corrected chi connectivity index (χ1v) is 7.50. The van der Waals surface area contributed by atoms with E-state index >= 15 is 0 Å². The lowest BCUT2D eigenvalue weighted by atomic mass is 9.88. The van der Waals surface area contributed by atoms with Crippen molar-refractivity contribution in [2.24, 2.45) is 0 Å². The highest BCUT2D eigenvalue weighted by Gasteiger charge is 2.40. The van der Waals surface area contributed by atoms with Gasteiger partial charge in [0.15, 0.2) is 11.5 Å². The van der Waals surface area contributed by atoms with Gasteiger partial charge >= 0.3 is 0 Å². The van der Waals surface area contributed by atoms with E-state index in [1.807, 2.05) is 9.47 Å².